The summed E-state index contributed by atoms with van der Waals surface area (Å²) in [6.07, 6.45) is 2.30. The molecule has 6 heteroatoms. The van der Waals surface area contributed by atoms with Gasteiger partial charge in [-0.05, 0) is 44.7 Å². The van der Waals surface area contributed by atoms with Crippen molar-refractivity contribution in [1.29, 1.82) is 0 Å². The second kappa shape index (κ2) is 6.03. The SMILES string of the molecule is CC(=O)c1ccc(S(=O)(=O)NC2CCCC(O)C2)cc1. The van der Waals surface area contributed by atoms with E-state index in [2.05, 4.69) is 4.72 Å². The summed E-state index contributed by atoms with van der Waals surface area (Å²) < 4.78 is 27.0. The van der Waals surface area contributed by atoms with E-state index in [1.54, 1.807) is 0 Å². The number of nitrogens with one attached hydrogen (secondary N) is 1. The molecule has 2 rings (SSSR count). The number of ketones is 1. The third-order valence-corrected chi connectivity index (χ3v) is 5.08. The van der Waals surface area contributed by atoms with Crippen LogP contribution in [0, 0.1) is 0 Å². The second-order valence-electron chi connectivity index (χ2n) is 5.22. The van der Waals surface area contributed by atoms with Crippen molar-refractivity contribution in [1.82, 2.24) is 4.72 Å². The third kappa shape index (κ3) is 3.65. The molecule has 2 unspecified atom stereocenters. The van der Waals surface area contributed by atoms with E-state index in [1.807, 2.05) is 0 Å². The van der Waals surface area contributed by atoms with Gasteiger partial charge in [-0.25, -0.2) is 13.1 Å². The van der Waals surface area contributed by atoms with Crippen LogP contribution in [0.1, 0.15) is 43.0 Å². The molecule has 1 aromatic carbocycles. The summed E-state index contributed by atoms with van der Waals surface area (Å²) in [5.41, 5.74) is 0.483. The second-order valence-corrected chi connectivity index (χ2v) is 6.93. The normalized spacial score (nSPS) is 23.5. The smallest absolute Gasteiger partial charge is 0.240 e. The third-order valence-electron chi connectivity index (χ3n) is 3.54. The lowest BCUT2D eigenvalue weighted by Crippen LogP contribution is -2.39. The Balaban J connectivity index is 2.11. The Morgan fingerprint density at radius 3 is 2.45 bits per heavy atom. The van der Waals surface area contributed by atoms with Crippen molar-refractivity contribution in [3.63, 3.8) is 0 Å². The summed E-state index contributed by atoms with van der Waals surface area (Å²) in [4.78, 5) is 11.3. The van der Waals surface area contributed by atoms with Gasteiger partial charge in [0.15, 0.2) is 5.78 Å². The van der Waals surface area contributed by atoms with Crippen molar-refractivity contribution in [3.05, 3.63) is 29.8 Å². The van der Waals surface area contributed by atoms with Gasteiger partial charge in [0.2, 0.25) is 10.0 Å². The molecular weight excluding hydrogens is 278 g/mol. The molecule has 0 amide bonds. The van der Waals surface area contributed by atoms with Crippen LogP contribution in [-0.2, 0) is 10.0 Å². The first-order chi connectivity index (χ1) is 9.38. The Bertz CT molecular complexity index is 580. The molecule has 5 nitrogen and oxygen atoms in total. The van der Waals surface area contributed by atoms with Gasteiger partial charge in [-0.15, -0.1) is 0 Å². The number of aliphatic hydroxyl groups is 1. The van der Waals surface area contributed by atoms with Gasteiger partial charge in [-0.1, -0.05) is 12.1 Å². The molecule has 20 heavy (non-hydrogen) atoms. The van der Waals surface area contributed by atoms with E-state index in [0.29, 0.717) is 12.0 Å². The Kier molecular flexibility index (Phi) is 4.57. The van der Waals surface area contributed by atoms with Crippen molar-refractivity contribution in [2.45, 2.75) is 49.6 Å². The Labute approximate surface area is 119 Å². The molecule has 1 saturated carbocycles. The monoisotopic (exact) mass is 297 g/mol. The summed E-state index contributed by atoms with van der Waals surface area (Å²) in [7, 11) is -3.60. The molecule has 0 saturated heterocycles. The van der Waals surface area contributed by atoms with Crippen LogP contribution < -0.4 is 4.72 Å². The molecule has 0 bridgehead atoms. The Hall–Kier alpha value is -1.24. The van der Waals surface area contributed by atoms with Gasteiger partial charge in [0.25, 0.3) is 0 Å². The zero-order valence-corrected chi connectivity index (χ0v) is 12.2. The maximum Gasteiger partial charge on any atom is 0.240 e. The fraction of sp³-hybridized carbons (Fsp3) is 0.500. The van der Waals surface area contributed by atoms with E-state index in [9.17, 15) is 18.3 Å². The van der Waals surface area contributed by atoms with Crippen molar-refractivity contribution >= 4 is 15.8 Å². The maximum atomic E-state index is 12.2. The first-order valence-electron chi connectivity index (χ1n) is 6.70. The summed E-state index contributed by atoms with van der Waals surface area (Å²) in [5.74, 6) is -0.0997. The molecule has 0 radical (unpaired) electrons. The largest absolute Gasteiger partial charge is 0.393 e. The van der Waals surface area contributed by atoms with Gasteiger partial charge in [-0.3, -0.25) is 4.79 Å². The minimum absolute atomic E-state index is 0.0997. The van der Waals surface area contributed by atoms with E-state index in [-0.39, 0.29) is 16.7 Å². The van der Waals surface area contributed by atoms with Gasteiger partial charge in [0.05, 0.1) is 11.0 Å². The van der Waals surface area contributed by atoms with Crippen molar-refractivity contribution in [2.24, 2.45) is 0 Å². The van der Waals surface area contributed by atoms with Gasteiger partial charge < -0.3 is 5.11 Å². The first-order valence-corrected chi connectivity index (χ1v) is 8.18. The van der Waals surface area contributed by atoms with E-state index in [1.165, 1.54) is 31.2 Å². The van der Waals surface area contributed by atoms with Crippen molar-refractivity contribution in [3.8, 4) is 0 Å². The predicted molar refractivity (Wildman–Crippen MR) is 75.0 cm³/mol. The Morgan fingerprint density at radius 2 is 1.90 bits per heavy atom. The molecular formula is C14H19NO4S. The number of carbonyl (C=O) groups is 1. The quantitative estimate of drug-likeness (QED) is 0.824. The standard InChI is InChI=1S/C14H19NO4S/c1-10(16)11-5-7-14(8-6-11)20(18,19)15-12-3-2-4-13(17)9-12/h5-8,12-13,15,17H,2-4,9H2,1H3. The van der Waals surface area contributed by atoms with Crippen LogP contribution >= 0.6 is 0 Å². The number of Topliss-reactive ketones (excluding diaryl/α,β-unsaturated/α-hetero) is 1. The van der Waals surface area contributed by atoms with Crippen LogP contribution in [0.15, 0.2) is 29.2 Å². The lowest BCUT2D eigenvalue weighted by atomic mass is 9.94. The number of sulfonamides is 1. The van der Waals surface area contributed by atoms with Crippen LogP contribution in [0.25, 0.3) is 0 Å². The molecule has 0 aromatic heterocycles. The molecule has 1 aliphatic carbocycles. The lowest BCUT2D eigenvalue weighted by Gasteiger charge is -2.26. The number of rotatable bonds is 4. The maximum absolute atomic E-state index is 12.2. The van der Waals surface area contributed by atoms with E-state index in [0.717, 1.165) is 19.3 Å². The van der Waals surface area contributed by atoms with Crippen molar-refractivity contribution < 1.29 is 18.3 Å². The Morgan fingerprint density at radius 1 is 1.25 bits per heavy atom. The highest BCUT2D eigenvalue weighted by molar-refractivity contribution is 7.89. The topological polar surface area (TPSA) is 83.5 Å². The molecule has 1 fully saturated rings. The summed E-state index contributed by atoms with van der Waals surface area (Å²) in [6.45, 7) is 1.44. The molecule has 110 valence electrons. The predicted octanol–water partition coefficient (Wildman–Crippen LogP) is 1.47. The highest BCUT2D eigenvalue weighted by Gasteiger charge is 2.25. The highest BCUT2D eigenvalue weighted by Crippen LogP contribution is 2.20. The van der Waals surface area contributed by atoms with Crippen LogP contribution in [0.4, 0.5) is 0 Å². The van der Waals surface area contributed by atoms with E-state index >= 15 is 0 Å². The molecule has 0 aliphatic heterocycles. The molecule has 2 N–H and O–H groups in total. The van der Waals surface area contributed by atoms with E-state index < -0.39 is 16.1 Å². The zero-order valence-electron chi connectivity index (χ0n) is 11.4. The summed E-state index contributed by atoms with van der Waals surface area (Å²) in [6, 6.07) is 5.65. The van der Waals surface area contributed by atoms with Crippen LogP contribution in [0.5, 0.6) is 0 Å². The van der Waals surface area contributed by atoms with Crippen LogP contribution in [0.2, 0.25) is 0 Å². The van der Waals surface area contributed by atoms with Crippen molar-refractivity contribution in [2.75, 3.05) is 0 Å². The highest BCUT2D eigenvalue weighted by atomic mass is 32.2. The molecule has 1 aromatic rings. The molecule has 2 atom stereocenters. The number of hydrogen-bond donors (Lipinski definition) is 2. The summed E-state index contributed by atoms with van der Waals surface area (Å²) in [5, 5.41) is 9.57. The van der Waals surface area contributed by atoms with Gasteiger partial charge in [0.1, 0.15) is 0 Å². The fourth-order valence-corrected chi connectivity index (χ4v) is 3.71. The fourth-order valence-electron chi connectivity index (χ4n) is 2.43. The lowest BCUT2D eigenvalue weighted by molar-refractivity contribution is 0.101. The van der Waals surface area contributed by atoms with Crippen LogP contribution in [-0.4, -0.2) is 31.5 Å². The number of aliphatic hydroxyl groups excluding tert-OH is 1. The number of hydrogen-bond acceptors (Lipinski definition) is 4. The van der Waals surface area contributed by atoms with Gasteiger partial charge in [-0.2, -0.15) is 0 Å². The average molecular weight is 297 g/mol. The minimum atomic E-state index is -3.60. The number of carbonyl (C=O) groups excluding carboxylic acids is 1. The number of benzene rings is 1. The average Bonchev–Trinajstić information content (AvgIpc) is 2.38. The molecule has 0 spiro atoms. The molecule has 1 aliphatic rings. The minimum Gasteiger partial charge on any atom is -0.393 e. The van der Waals surface area contributed by atoms with Gasteiger partial charge in [0, 0.05) is 11.6 Å². The zero-order chi connectivity index (χ0) is 14.8. The first kappa shape index (κ1) is 15.2. The molecule has 0 heterocycles. The van der Waals surface area contributed by atoms with E-state index in [4.69, 9.17) is 0 Å². The summed E-state index contributed by atoms with van der Waals surface area (Å²) >= 11 is 0. The van der Waals surface area contributed by atoms with Crippen LogP contribution in [0.3, 0.4) is 0 Å². The van der Waals surface area contributed by atoms with Gasteiger partial charge >= 0.3 is 0 Å².